The molecule has 40 heavy (non-hydrogen) atoms. The van der Waals surface area contributed by atoms with Gasteiger partial charge in [-0.05, 0) is 69.3 Å². The number of aliphatic carboxylic acids is 1. The average Bonchev–Trinajstić information content (AvgIpc) is 3.23. The predicted octanol–water partition coefficient (Wildman–Crippen LogP) is 7.18. The molecule has 6 nitrogen and oxygen atoms in total. The zero-order valence-electron chi connectivity index (χ0n) is 24.5. The lowest BCUT2D eigenvalue weighted by Gasteiger charge is -2.26. The first-order chi connectivity index (χ1) is 19.3. The van der Waals surface area contributed by atoms with E-state index in [1.807, 2.05) is 30.4 Å². The van der Waals surface area contributed by atoms with Crippen molar-refractivity contribution in [3.05, 3.63) is 60.2 Å². The monoisotopic (exact) mass is 556 g/mol. The van der Waals surface area contributed by atoms with Gasteiger partial charge >= 0.3 is 11.9 Å². The molecule has 0 spiro atoms. The summed E-state index contributed by atoms with van der Waals surface area (Å²) in [6.07, 6.45) is 15.1. The van der Waals surface area contributed by atoms with Gasteiger partial charge in [0.1, 0.15) is 6.10 Å². The second kappa shape index (κ2) is 19.6. The summed E-state index contributed by atoms with van der Waals surface area (Å²) in [5.74, 6) is -1.31. The molecule has 0 heterocycles. The third-order valence-electron chi connectivity index (χ3n) is 8.15. The van der Waals surface area contributed by atoms with E-state index >= 15 is 0 Å². The number of aliphatic hydroxyl groups excluding tert-OH is 2. The van der Waals surface area contributed by atoms with Crippen molar-refractivity contribution in [2.75, 3.05) is 0 Å². The van der Waals surface area contributed by atoms with E-state index in [1.54, 1.807) is 0 Å². The molecule has 1 fully saturated rings. The SMILES string of the molecule is C=C(CCCCCCCC)C(=O)O[C@@H]1C[C@H](O)[C@H](C/C=C\CCCC(=O)O)[C@H]1CC[C@@H](O)CCc1ccccc1. The zero-order valence-corrected chi connectivity index (χ0v) is 24.5. The molecule has 1 saturated carbocycles. The van der Waals surface area contributed by atoms with E-state index in [0.29, 0.717) is 56.9 Å². The maximum atomic E-state index is 12.9. The molecule has 5 atom stereocenters. The van der Waals surface area contributed by atoms with E-state index in [0.717, 1.165) is 19.3 Å². The lowest BCUT2D eigenvalue weighted by atomic mass is 9.85. The number of aliphatic hydroxyl groups is 2. The molecule has 1 aromatic carbocycles. The Kier molecular flexibility index (Phi) is 16.5. The third kappa shape index (κ3) is 13.3. The van der Waals surface area contributed by atoms with Crippen molar-refractivity contribution in [2.45, 2.75) is 128 Å². The fourth-order valence-electron chi connectivity index (χ4n) is 5.71. The normalized spacial score (nSPS) is 21.5. The van der Waals surface area contributed by atoms with Gasteiger partial charge in [0.15, 0.2) is 0 Å². The average molecular weight is 557 g/mol. The van der Waals surface area contributed by atoms with Gasteiger partial charge in [-0.3, -0.25) is 4.79 Å². The highest BCUT2D eigenvalue weighted by Crippen LogP contribution is 2.40. The van der Waals surface area contributed by atoms with Crippen LogP contribution in [0.2, 0.25) is 0 Å². The molecule has 2 rings (SSSR count). The van der Waals surface area contributed by atoms with E-state index < -0.39 is 24.3 Å². The quantitative estimate of drug-likeness (QED) is 0.0641. The summed E-state index contributed by atoms with van der Waals surface area (Å²) < 4.78 is 5.95. The number of rotatable bonds is 21. The van der Waals surface area contributed by atoms with E-state index in [2.05, 4.69) is 25.6 Å². The molecule has 6 heteroatoms. The Bertz CT molecular complexity index is 895. The van der Waals surface area contributed by atoms with E-state index in [4.69, 9.17) is 9.84 Å². The summed E-state index contributed by atoms with van der Waals surface area (Å²) in [7, 11) is 0. The van der Waals surface area contributed by atoms with E-state index in [9.17, 15) is 19.8 Å². The van der Waals surface area contributed by atoms with Crippen molar-refractivity contribution < 1.29 is 29.6 Å². The number of ether oxygens (including phenoxy) is 1. The zero-order chi connectivity index (χ0) is 29.2. The van der Waals surface area contributed by atoms with Crippen LogP contribution in [-0.4, -0.2) is 45.6 Å². The first-order valence-corrected chi connectivity index (χ1v) is 15.5. The van der Waals surface area contributed by atoms with Gasteiger partial charge in [-0.25, -0.2) is 4.79 Å². The number of carboxylic acids is 1. The number of unbranched alkanes of at least 4 members (excludes halogenated alkanes) is 6. The second-order valence-electron chi connectivity index (χ2n) is 11.4. The molecule has 1 aliphatic carbocycles. The van der Waals surface area contributed by atoms with Gasteiger partial charge in [0.05, 0.1) is 12.2 Å². The van der Waals surface area contributed by atoms with Gasteiger partial charge < -0.3 is 20.1 Å². The van der Waals surface area contributed by atoms with Crippen LogP contribution in [0.1, 0.15) is 109 Å². The molecule has 0 aliphatic heterocycles. The predicted molar refractivity (Wildman–Crippen MR) is 160 cm³/mol. The van der Waals surface area contributed by atoms with Gasteiger partial charge in [0.2, 0.25) is 0 Å². The summed E-state index contributed by atoms with van der Waals surface area (Å²) >= 11 is 0. The van der Waals surface area contributed by atoms with Gasteiger partial charge in [-0.2, -0.15) is 0 Å². The summed E-state index contributed by atoms with van der Waals surface area (Å²) in [5.41, 5.74) is 1.69. The van der Waals surface area contributed by atoms with Crippen molar-refractivity contribution in [3.8, 4) is 0 Å². The van der Waals surface area contributed by atoms with Gasteiger partial charge in [-0.1, -0.05) is 88.1 Å². The Balaban J connectivity index is 1.93. The van der Waals surface area contributed by atoms with Gasteiger partial charge in [0.25, 0.3) is 0 Å². The largest absolute Gasteiger partial charge is 0.481 e. The molecule has 1 aromatic rings. The topological polar surface area (TPSA) is 104 Å². The standard InChI is InChI=1S/C34H52O6/c1-3-4-5-6-7-11-16-26(2)34(39)40-32-25-31(36)29(19-14-8-9-15-20-33(37)38)30(32)24-23-28(35)22-21-27-17-12-10-13-18-27/h8,10,12-14,17-18,28-32,35-36H,2-7,9,11,15-16,19-25H2,1H3,(H,37,38)/b14-8-/t28-,29+,30+,31-,32+/m0/s1. The highest BCUT2D eigenvalue weighted by molar-refractivity contribution is 5.87. The Hall–Kier alpha value is -2.44. The Morgan fingerprint density at radius 1 is 1.00 bits per heavy atom. The Labute approximate surface area is 241 Å². The minimum atomic E-state index is -0.798. The lowest BCUT2D eigenvalue weighted by molar-refractivity contribution is -0.146. The summed E-state index contributed by atoms with van der Waals surface area (Å²) in [6.45, 7) is 6.18. The molecule has 0 saturated heterocycles. The number of hydrogen-bond acceptors (Lipinski definition) is 5. The second-order valence-corrected chi connectivity index (χ2v) is 11.4. The molecule has 0 unspecified atom stereocenters. The van der Waals surface area contributed by atoms with Crippen molar-refractivity contribution in [2.24, 2.45) is 11.8 Å². The summed E-state index contributed by atoms with van der Waals surface area (Å²) in [6, 6.07) is 10.1. The fraction of sp³-hybridized carbons (Fsp3) is 0.647. The van der Waals surface area contributed by atoms with Crippen LogP contribution in [0.3, 0.4) is 0 Å². The van der Waals surface area contributed by atoms with Gasteiger partial charge in [0, 0.05) is 24.3 Å². The minimum absolute atomic E-state index is 0.0594. The number of aryl methyl sites for hydroxylation is 1. The van der Waals surface area contributed by atoms with Crippen LogP contribution in [-0.2, 0) is 20.7 Å². The molecule has 224 valence electrons. The fourth-order valence-corrected chi connectivity index (χ4v) is 5.71. The first kappa shape index (κ1) is 33.8. The number of benzene rings is 1. The third-order valence-corrected chi connectivity index (χ3v) is 8.15. The number of allylic oxidation sites excluding steroid dienone is 2. The molecule has 0 amide bonds. The van der Waals surface area contributed by atoms with Gasteiger partial charge in [-0.15, -0.1) is 0 Å². The number of carbonyl (C=O) groups excluding carboxylic acids is 1. The van der Waals surface area contributed by atoms with Crippen LogP contribution >= 0.6 is 0 Å². The minimum Gasteiger partial charge on any atom is -0.481 e. The number of carbonyl (C=O) groups is 2. The maximum Gasteiger partial charge on any atom is 0.333 e. The molecule has 1 aliphatic rings. The number of hydrogen-bond donors (Lipinski definition) is 3. The number of esters is 1. The van der Waals surface area contributed by atoms with Crippen molar-refractivity contribution in [3.63, 3.8) is 0 Å². The van der Waals surface area contributed by atoms with Crippen LogP contribution in [0.25, 0.3) is 0 Å². The molecule has 0 bridgehead atoms. The van der Waals surface area contributed by atoms with Crippen LogP contribution in [0.15, 0.2) is 54.6 Å². The van der Waals surface area contributed by atoms with Crippen LogP contribution in [0.4, 0.5) is 0 Å². The van der Waals surface area contributed by atoms with E-state index in [-0.39, 0.29) is 24.2 Å². The highest BCUT2D eigenvalue weighted by atomic mass is 16.5. The van der Waals surface area contributed by atoms with Crippen molar-refractivity contribution >= 4 is 11.9 Å². The number of carboxylic acid groups (broad SMARTS) is 1. The van der Waals surface area contributed by atoms with Crippen LogP contribution < -0.4 is 0 Å². The maximum absolute atomic E-state index is 12.9. The van der Waals surface area contributed by atoms with Crippen molar-refractivity contribution in [1.29, 1.82) is 0 Å². The van der Waals surface area contributed by atoms with E-state index in [1.165, 1.54) is 31.2 Å². The smallest absolute Gasteiger partial charge is 0.333 e. The molecular formula is C34H52O6. The van der Waals surface area contributed by atoms with Crippen molar-refractivity contribution in [1.82, 2.24) is 0 Å². The van der Waals surface area contributed by atoms with Crippen LogP contribution in [0, 0.1) is 11.8 Å². The summed E-state index contributed by atoms with van der Waals surface area (Å²) in [4.78, 5) is 23.6. The molecular weight excluding hydrogens is 504 g/mol. The highest BCUT2D eigenvalue weighted by Gasteiger charge is 2.43. The summed E-state index contributed by atoms with van der Waals surface area (Å²) in [5, 5.41) is 30.5. The Morgan fingerprint density at radius 3 is 2.45 bits per heavy atom. The molecule has 0 aromatic heterocycles. The Morgan fingerprint density at radius 2 is 1.73 bits per heavy atom. The lowest BCUT2D eigenvalue weighted by Crippen LogP contribution is -2.27. The first-order valence-electron chi connectivity index (χ1n) is 15.5. The molecule has 0 radical (unpaired) electrons. The van der Waals surface area contributed by atoms with Crippen LogP contribution in [0.5, 0.6) is 0 Å². The molecule has 3 N–H and O–H groups in total.